The topological polar surface area (TPSA) is 49.7 Å². The van der Waals surface area contributed by atoms with Crippen molar-refractivity contribution in [2.75, 3.05) is 20.3 Å². The molecule has 0 saturated carbocycles. The molecule has 3 heterocycles. The molecule has 2 aliphatic rings. The lowest BCUT2D eigenvalue weighted by Gasteiger charge is -2.51. The maximum Gasteiger partial charge on any atom is 0.499 e. The van der Waals surface area contributed by atoms with E-state index in [-0.39, 0.29) is 6.04 Å². The lowest BCUT2D eigenvalue weighted by Crippen LogP contribution is -2.72. The highest BCUT2D eigenvalue weighted by Crippen LogP contribution is 2.40. The van der Waals surface area contributed by atoms with E-state index in [1.54, 1.807) is 18.4 Å². The molecular formula is C11H18BNO3S. The molecule has 17 heavy (non-hydrogen) atoms. The van der Waals surface area contributed by atoms with E-state index < -0.39 is 6.69 Å². The summed E-state index contributed by atoms with van der Waals surface area (Å²) in [6, 6.07) is 2.09. The van der Waals surface area contributed by atoms with Gasteiger partial charge < -0.3 is 19.2 Å². The molecule has 0 bridgehead atoms. The summed E-state index contributed by atoms with van der Waals surface area (Å²) >= 11 is 1.63. The molecule has 0 amide bonds. The van der Waals surface area contributed by atoms with Crippen LogP contribution in [0, 0.1) is 0 Å². The Morgan fingerprint density at radius 1 is 1.59 bits per heavy atom. The van der Waals surface area contributed by atoms with E-state index in [4.69, 9.17) is 4.74 Å². The summed E-state index contributed by atoms with van der Waals surface area (Å²) in [7, 11) is 1.68. The number of quaternary nitrogens is 1. The molecule has 0 aromatic carbocycles. The van der Waals surface area contributed by atoms with E-state index in [2.05, 4.69) is 0 Å². The summed E-state index contributed by atoms with van der Waals surface area (Å²) < 4.78 is 5.67. The number of hydrogen-bond donors (Lipinski definition) is 2. The van der Waals surface area contributed by atoms with Gasteiger partial charge in [0.2, 0.25) is 0 Å². The van der Waals surface area contributed by atoms with Crippen LogP contribution in [0.25, 0.3) is 0 Å². The Bertz CT molecular complexity index is 436. The van der Waals surface area contributed by atoms with Crippen molar-refractivity contribution in [1.29, 1.82) is 0 Å². The molecule has 2 N–H and O–H groups in total. The van der Waals surface area contributed by atoms with E-state index in [9.17, 15) is 10.0 Å². The summed E-state index contributed by atoms with van der Waals surface area (Å²) in [6.07, 6.45) is 2.07. The summed E-state index contributed by atoms with van der Waals surface area (Å²) in [6.45, 7) is -0.243. The van der Waals surface area contributed by atoms with Crippen LogP contribution in [-0.4, -0.2) is 47.4 Å². The summed E-state index contributed by atoms with van der Waals surface area (Å²) in [5.41, 5.74) is 0.762. The van der Waals surface area contributed by atoms with Crippen LogP contribution in [0.3, 0.4) is 0 Å². The molecule has 2 aliphatic heterocycles. The zero-order chi connectivity index (χ0) is 12.1. The SMILES string of the molecule is COC[C@H]1CCC[N@+]12Cc1sccc1[B-]2(O)O. The monoisotopic (exact) mass is 255 g/mol. The van der Waals surface area contributed by atoms with E-state index in [1.807, 2.05) is 11.4 Å². The molecule has 1 spiro atoms. The Balaban J connectivity index is 2.02. The molecule has 0 unspecified atom stereocenters. The highest BCUT2D eigenvalue weighted by Gasteiger charge is 2.59. The molecule has 94 valence electrons. The highest BCUT2D eigenvalue weighted by atomic mass is 32.1. The van der Waals surface area contributed by atoms with Crippen LogP contribution in [-0.2, 0) is 11.3 Å². The van der Waals surface area contributed by atoms with Gasteiger partial charge >= 0.3 is 6.69 Å². The highest BCUT2D eigenvalue weighted by molar-refractivity contribution is 7.12. The number of fused-ring (bicyclic) bond motifs is 1. The van der Waals surface area contributed by atoms with Crippen LogP contribution in [0.15, 0.2) is 11.4 Å². The minimum absolute atomic E-state index is 0.217. The third-order valence-corrected chi connectivity index (χ3v) is 5.47. The molecule has 1 aromatic heterocycles. The second kappa shape index (κ2) is 3.80. The molecule has 1 aromatic rings. The maximum atomic E-state index is 10.6. The van der Waals surface area contributed by atoms with Crippen molar-refractivity contribution in [2.24, 2.45) is 0 Å². The van der Waals surface area contributed by atoms with Crippen LogP contribution in [0.2, 0.25) is 0 Å². The van der Waals surface area contributed by atoms with E-state index in [0.717, 1.165) is 36.3 Å². The normalized spacial score (nSPS) is 34.4. The molecule has 0 aliphatic carbocycles. The third kappa shape index (κ3) is 1.39. The van der Waals surface area contributed by atoms with Gasteiger partial charge in [-0.3, -0.25) is 0 Å². The number of hydrogen-bond acceptors (Lipinski definition) is 4. The Kier molecular flexibility index (Phi) is 2.61. The van der Waals surface area contributed by atoms with Gasteiger partial charge in [0, 0.05) is 25.0 Å². The van der Waals surface area contributed by atoms with Gasteiger partial charge in [-0.05, 0) is 11.8 Å². The van der Waals surface area contributed by atoms with Gasteiger partial charge in [0.15, 0.2) is 0 Å². The Morgan fingerprint density at radius 3 is 3.12 bits per heavy atom. The molecule has 3 rings (SSSR count). The van der Waals surface area contributed by atoms with Gasteiger partial charge in [-0.1, -0.05) is 11.5 Å². The van der Waals surface area contributed by atoms with Crippen molar-refractivity contribution in [3.63, 3.8) is 0 Å². The second-order valence-electron chi connectivity index (χ2n) is 5.27. The Labute approximate surface area is 105 Å². The Morgan fingerprint density at radius 2 is 2.41 bits per heavy atom. The smallest absolute Gasteiger partial charge is 0.499 e. The van der Waals surface area contributed by atoms with Crippen molar-refractivity contribution in [3.8, 4) is 0 Å². The van der Waals surface area contributed by atoms with Crippen LogP contribution in [0.4, 0.5) is 0 Å². The fourth-order valence-electron chi connectivity index (χ4n) is 3.66. The average Bonchev–Trinajstić information content (AvgIpc) is 2.91. The number of rotatable bonds is 2. The summed E-state index contributed by atoms with van der Waals surface area (Å²) in [5, 5.41) is 23.2. The molecule has 0 radical (unpaired) electrons. The standard InChI is InChI=1S/C11H18BNO3S/c1-16-8-9-3-2-5-13(9)7-11-10(4-6-17-11)12(13,14)15/h4,6,9,14-15H,2-3,5,7-8H2,1H3/t9-,13+/m1/s1. The molecule has 1 fully saturated rings. The first-order valence-corrected chi connectivity index (χ1v) is 7.01. The van der Waals surface area contributed by atoms with Crippen molar-refractivity contribution in [3.05, 3.63) is 16.3 Å². The van der Waals surface area contributed by atoms with Crippen LogP contribution >= 0.6 is 11.3 Å². The second-order valence-corrected chi connectivity index (χ2v) is 6.27. The van der Waals surface area contributed by atoms with E-state index in [0.29, 0.717) is 11.0 Å². The van der Waals surface area contributed by atoms with Gasteiger partial charge in [-0.15, -0.1) is 11.3 Å². The minimum atomic E-state index is -2.46. The lowest BCUT2D eigenvalue weighted by molar-refractivity contribution is -0.869. The molecule has 6 heteroatoms. The molecule has 1 saturated heterocycles. The van der Waals surface area contributed by atoms with Crippen molar-refractivity contribution >= 4 is 23.5 Å². The zero-order valence-corrected chi connectivity index (χ0v) is 10.8. The molecule has 2 atom stereocenters. The van der Waals surface area contributed by atoms with Crippen molar-refractivity contribution in [1.82, 2.24) is 0 Å². The first-order valence-electron chi connectivity index (χ1n) is 6.13. The quantitative estimate of drug-likeness (QED) is 0.732. The van der Waals surface area contributed by atoms with Crippen LogP contribution < -0.4 is 5.46 Å². The third-order valence-electron chi connectivity index (χ3n) is 4.55. The van der Waals surface area contributed by atoms with Gasteiger partial charge in [-0.2, -0.15) is 0 Å². The first-order chi connectivity index (χ1) is 8.12. The number of methoxy groups -OCH3 is 1. The average molecular weight is 255 g/mol. The Hall–Kier alpha value is -0.395. The minimum Gasteiger partial charge on any atom is -0.524 e. The number of ether oxygens (including phenoxy) is 1. The van der Waals surface area contributed by atoms with Gasteiger partial charge in [0.05, 0.1) is 19.2 Å². The van der Waals surface area contributed by atoms with E-state index in [1.165, 1.54) is 0 Å². The van der Waals surface area contributed by atoms with Crippen LogP contribution in [0.1, 0.15) is 17.7 Å². The fourth-order valence-corrected chi connectivity index (χ4v) is 4.72. The summed E-state index contributed by atoms with van der Waals surface area (Å²) in [4.78, 5) is 1.14. The van der Waals surface area contributed by atoms with Gasteiger partial charge in [-0.25, -0.2) is 0 Å². The number of nitrogens with zero attached hydrogens (tertiary/aromatic N) is 1. The predicted octanol–water partition coefficient (Wildman–Crippen LogP) is 0.0178. The van der Waals surface area contributed by atoms with E-state index >= 15 is 0 Å². The first kappa shape index (κ1) is 11.7. The van der Waals surface area contributed by atoms with Gasteiger partial charge in [0.25, 0.3) is 0 Å². The fraction of sp³-hybridized carbons (Fsp3) is 0.636. The van der Waals surface area contributed by atoms with Gasteiger partial charge in [0.1, 0.15) is 0 Å². The van der Waals surface area contributed by atoms with Crippen LogP contribution in [0.5, 0.6) is 0 Å². The van der Waals surface area contributed by atoms with Crippen molar-refractivity contribution in [2.45, 2.75) is 25.4 Å². The largest absolute Gasteiger partial charge is 0.524 e. The maximum absolute atomic E-state index is 10.6. The molecular weight excluding hydrogens is 237 g/mol. The zero-order valence-electron chi connectivity index (χ0n) is 10.0. The van der Waals surface area contributed by atoms with Crippen molar-refractivity contribution < 1.29 is 19.2 Å². The predicted molar refractivity (Wildman–Crippen MR) is 67.9 cm³/mol. The lowest BCUT2D eigenvalue weighted by atomic mass is 9.63. The summed E-state index contributed by atoms with van der Waals surface area (Å²) in [5.74, 6) is 0. The molecule has 4 nitrogen and oxygen atoms in total. The number of thiophene rings is 1.